The molecule has 0 spiro atoms. The Hall–Kier alpha value is -1.46. The Morgan fingerprint density at radius 1 is 1.30 bits per heavy atom. The first-order valence-electron chi connectivity index (χ1n) is 6.85. The molecule has 0 radical (unpaired) electrons. The molecule has 2 aromatic rings. The lowest BCUT2D eigenvalue weighted by Crippen LogP contribution is -2.16. The molecule has 2 heterocycles. The number of nitrogens with zero attached hydrogens (tertiary/aromatic N) is 1. The third kappa shape index (κ3) is 2.69. The highest BCUT2D eigenvalue weighted by Crippen LogP contribution is 2.30. The minimum atomic E-state index is -2.83. The van der Waals surface area contributed by atoms with Gasteiger partial charge in [0, 0.05) is 17.6 Å². The molecule has 0 bridgehead atoms. The van der Waals surface area contributed by atoms with Crippen molar-refractivity contribution >= 4 is 20.7 Å². The molecule has 1 aliphatic heterocycles. The summed E-state index contributed by atoms with van der Waals surface area (Å²) in [7, 11) is -2.83. The molecule has 106 valence electrons. The van der Waals surface area contributed by atoms with Crippen LogP contribution in [-0.2, 0) is 9.84 Å². The first kappa shape index (κ1) is 13.5. The quantitative estimate of drug-likeness (QED) is 0.939. The van der Waals surface area contributed by atoms with Gasteiger partial charge in [0.25, 0.3) is 0 Å². The van der Waals surface area contributed by atoms with Crippen molar-refractivity contribution in [2.24, 2.45) is 11.7 Å². The van der Waals surface area contributed by atoms with Crippen molar-refractivity contribution in [2.75, 3.05) is 11.5 Å². The molecule has 2 unspecified atom stereocenters. The van der Waals surface area contributed by atoms with Crippen LogP contribution in [0.5, 0.6) is 0 Å². The van der Waals surface area contributed by atoms with Crippen molar-refractivity contribution < 1.29 is 8.42 Å². The van der Waals surface area contributed by atoms with Crippen LogP contribution < -0.4 is 5.73 Å². The van der Waals surface area contributed by atoms with Gasteiger partial charge in [-0.3, -0.25) is 4.98 Å². The SMILES string of the molecule is NC(CC1CCS(=O)(=O)C1)c1cccc2ncccc12. The van der Waals surface area contributed by atoms with E-state index in [1.807, 2.05) is 30.3 Å². The first-order valence-corrected chi connectivity index (χ1v) is 8.67. The fourth-order valence-corrected chi connectivity index (χ4v) is 4.87. The van der Waals surface area contributed by atoms with Gasteiger partial charge in [-0.2, -0.15) is 0 Å². The summed E-state index contributed by atoms with van der Waals surface area (Å²) in [6.45, 7) is 0. The molecule has 1 aromatic heterocycles. The monoisotopic (exact) mass is 290 g/mol. The molecule has 20 heavy (non-hydrogen) atoms. The largest absolute Gasteiger partial charge is 0.324 e. The number of hydrogen-bond acceptors (Lipinski definition) is 4. The lowest BCUT2D eigenvalue weighted by atomic mass is 9.93. The van der Waals surface area contributed by atoms with E-state index in [9.17, 15) is 8.42 Å². The lowest BCUT2D eigenvalue weighted by molar-refractivity contribution is 0.483. The van der Waals surface area contributed by atoms with Gasteiger partial charge in [-0.25, -0.2) is 8.42 Å². The number of fused-ring (bicyclic) bond motifs is 1. The second-order valence-corrected chi connectivity index (χ2v) is 7.76. The Balaban J connectivity index is 1.84. The number of pyridine rings is 1. The minimum Gasteiger partial charge on any atom is -0.324 e. The number of rotatable bonds is 3. The van der Waals surface area contributed by atoms with Crippen LogP contribution in [0.1, 0.15) is 24.4 Å². The molecule has 0 aliphatic carbocycles. The maximum Gasteiger partial charge on any atom is 0.150 e. The average molecular weight is 290 g/mol. The zero-order valence-electron chi connectivity index (χ0n) is 11.2. The number of aromatic nitrogens is 1. The van der Waals surface area contributed by atoms with Crippen molar-refractivity contribution in [2.45, 2.75) is 18.9 Å². The summed E-state index contributed by atoms with van der Waals surface area (Å²) in [4.78, 5) is 4.33. The normalized spacial score (nSPS) is 22.9. The molecule has 2 N–H and O–H groups in total. The molecular weight excluding hydrogens is 272 g/mol. The van der Waals surface area contributed by atoms with Crippen LogP contribution in [-0.4, -0.2) is 24.9 Å². The van der Waals surface area contributed by atoms with Crippen LogP contribution in [0.25, 0.3) is 10.9 Å². The van der Waals surface area contributed by atoms with Crippen molar-refractivity contribution in [3.8, 4) is 0 Å². The van der Waals surface area contributed by atoms with E-state index in [0.717, 1.165) is 22.9 Å². The van der Waals surface area contributed by atoms with Crippen molar-refractivity contribution in [3.63, 3.8) is 0 Å². The van der Waals surface area contributed by atoms with Crippen LogP contribution in [0.4, 0.5) is 0 Å². The zero-order valence-corrected chi connectivity index (χ0v) is 12.0. The number of hydrogen-bond donors (Lipinski definition) is 1. The lowest BCUT2D eigenvalue weighted by Gasteiger charge is -2.17. The summed E-state index contributed by atoms with van der Waals surface area (Å²) >= 11 is 0. The Kier molecular flexibility index (Phi) is 3.48. The third-order valence-electron chi connectivity index (χ3n) is 3.99. The molecule has 1 aromatic carbocycles. The summed E-state index contributed by atoms with van der Waals surface area (Å²) < 4.78 is 23.0. The fourth-order valence-electron chi connectivity index (χ4n) is 2.99. The number of benzene rings is 1. The maximum atomic E-state index is 11.5. The topological polar surface area (TPSA) is 73.1 Å². The number of sulfone groups is 1. The van der Waals surface area contributed by atoms with Gasteiger partial charge in [-0.15, -0.1) is 0 Å². The molecular formula is C15H18N2O2S. The van der Waals surface area contributed by atoms with Crippen LogP contribution in [0.3, 0.4) is 0 Å². The first-order chi connectivity index (χ1) is 9.55. The molecule has 0 saturated carbocycles. The van der Waals surface area contributed by atoms with E-state index in [4.69, 9.17) is 5.73 Å². The van der Waals surface area contributed by atoms with Crippen LogP contribution in [0.15, 0.2) is 36.5 Å². The Morgan fingerprint density at radius 2 is 2.15 bits per heavy atom. The molecule has 1 aliphatic rings. The van der Waals surface area contributed by atoms with Crippen molar-refractivity contribution in [1.82, 2.24) is 4.98 Å². The predicted molar refractivity (Wildman–Crippen MR) is 80.0 cm³/mol. The molecule has 0 amide bonds. The van der Waals surface area contributed by atoms with Crippen LogP contribution in [0.2, 0.25) is 0 Å². The van der Waals surface area contributed by atoms with Gasteiger partial charge < -0.3 is 5.73 Å². The fraction of sp³-hybridized carbons (Fsp3) is 0.400. The predicted octanol–water partition coefficient (Wildman–Crippen LogP) is 2.06. The van der Waals surface area contributed by atoms with Crippen molar-refractivity contribution in [1.29, 1.82) is 0 Å². The van der Waals surface area contributed by atoms with E-state index in [-0.39, 0.29) is 17.7 Å². The third-order valence-corrected chi connectivity index (χ3v) is 5.83. The van der Waals surface area contributed by atoms with E-state index in [1.165, 1.54) is 0 Å². The van der Waals surface area contributed by atoms with E-state index in [0.29, 0.717) is 12.2 Å². The summed E-state index contributed by atoms with van der Waals surface area (Å²) in [5, 5.41) is 1.06. The van der Waals surface area contributed by atoms with Crippen molar-refractivity contribution in [3.05, 3.63) is 42.1 Å². The molecule has 5 heteroatoms. The summed E-state index contributed by atoms with van der Waals surface area (Å²) in [6.07, 6.45) is 3.22. The zero-order chi connectivity index (χ0) is 14.2. The van der Waals surface area contributed by atoms with Gasteiger partial charge in [-0.05, 0) is 36.5 Å². The number of nitrogens with two attached hydrogens (primary N) is 1. The Labute approximate surface area is 118 Å². The molecule has 1 saturated heterocycles. The molecule has 3 rings (SSSR count). The summed E-state index contributed by atoms with van der Waals surface area (Å²) in [6, 6.07) is 9.71. The van der Waals surface area contributed by atoms with Gasteiger partial charge in [-0.1, -0.05) is 18.2 Å². The van der Waals surface area contributed by atoms with E-state index in [2.05, 4.69) is 4.98 Å². The highest BCUT2D eigenvalue weighted by molar-refractivity contribution is 7.91. The van der Waals surface area contributed by atoms with Gasteiger partial charge in [0.15, 0.2) is 9.84 Å². The van der Waals surface area contributed by atoms with E-state index < -0.39 is 9.84 Å². The Morgan fingerprint density at radius 3 is 2.90 bits per heavy atom. The second kappa shape index (κ2) is 5.14. The standard InChI is InChI=1S/C15H18N2O2S/c16-14(9-11-6-8-20(18,19)10-11)12-3-1-5-15-13(12)4-2-7-17-15/h1-5,7,11,14H,6,8-10,16H2. The van der Waals surface area contributed by atoms with Gasteiger partial charge in [0.1, 0.15) is 0 Å². The molecule has 1 fully saturated rings. The van der Waals surface area contributed by atoms with E-state index >= 15 is 0 Å². The summed E-state index contributed by atoms with van der Waals surface area (Å²) in [5.41, 5.74) is 8.29. The highest BCUT2D eigenvalue weighted by atomic mass is 32.2. The van der Waals surface area contributed by atoms with Gasteiger partial charge in [0.2, 0.25) is 0 Å². The molecule has 4 nitrogen and oxygen atoms in total. The van der Waals surface area contributed by atoms with Gasteiger partial charge in [0.05, 0.1) is 17.0 Å². The summed E-state index contributed by atoms with van der Waals surface area (Å²) in [5.74, 6) is 0.771. The second-order valence-electron chi connectivity index (χ2n) is 5.53. The van der Waals surface area contributed by atoms with Crippen LogP contribution >= 0.6 is 0 Å². The van der Waals surface area contributed by atoms with E-state index in [1.54, 1.807) is 6.20 Å². The maximum absolute atomic E-state index is 11.5. The van der Waals surface area contributed by atoms with Gasteiger partial charge >= 0.3 is 0 Å². The smallest absolute Gasteiger partial charge is 0.150 e. The highest BCUT2D eigenvalue weighted by Gasteiger charge is 2.29. The van der Waals surface area contributed by atoms with Crippen LogP contribution in [0, 0.1) is 5.92 Å². The average Bonchev–Trinajstić information content (AvgIpc) is 2.77. The Bertz CT molecular complexity index is 722. The minimum absolute atomic E-state index is 0.138. The molecule has 2 atom stereocenters.